The fourth-order valence-electron chi connectivity index (χ4n) is 3.80. The van der Waals surface area contributed by atoms with Crippen molar-refractivity contribution < 1.29 is 14.1 Å². The molecular formula is C22H26N3O2+. The molecule has 1 aliphatic heterocycles. The Hall–Kier alpha value is -2.66. The van der Waals surface area contributed by atoms with Crippen LogP contribution in [0.5, 0.6) is 0 Å². The van der Waals surface area contributed by atoms with Crippen molar-refractivity contribution in [1.29, 1.82) is 0 Å². The van der Waals surface area contributed by atoms with Crippen LogP contribution in [0, 0.1) is 0 Å². The summed E-state index contributed by atoms with van der Waals surface area (Å²) < 4.78 is 5.68. The summed E-state index contributed by atoms with van der Waals surface area (Å²) in [5.74, 6) is 0.195. The number of pyridine rings is 1. The van der Waals surface area contributed by atoms with E-state index in [0.29, 0.717) is 6.42 Å². The molecule has 0 radical (unpaired) electrons. The van der Waals surface area contributed by atoms with E-state index < -0.39 is 0 Å². The summed E-state index contributed by atoms with van der Waals surface area (Å²) in [6.07, 6.45) is 6.82. The second-order valence-corrected chi connectivity index (χ2v) is 7.28. The molecule has 0 atom stereocenters. The van der Waals surface area contributed by atoms with E-state index in [4.69, 9.17) is 4.42 Å². The van der Waals surface area contributed by atoms with Crippen molar-refractivity contribution >= 4 is 16.9 Å². The lowest BCUT2D eigenvalue weighted by atomic mass is 10.1. The Morgan fingerprint density at radius 2 is 1.93 bits per heavy atom. The fourth-order valence-corrected chi connectivity index (χ4v) is 3.80. The van der Waals surface area contributed by atoms with Crippen LogP contribution in [0.25, 0.3) is 11.0 Å². The smallest absolute Gasteiger partial charge is 0.227 e. The van der Waals surface area contributed by atoms with Crippen molar-refractivity contribution in [3.63, 3.8) is 0 Å². The van der Waals surface area contributed by atoms with Crippen molar-refractivity contribution in [2.45, 2.75) is 26.3 Å². The number of amides is 1. The average molecular weight is 364 g/mol. The minimum Gasteiger partial charge on any atom is -0.464 e. The molecule has 1 saturated heterocycles. The summed E-state index contributed by atoms with van der Waals surface area (Å²) in [5, 5.41) is 1.06. The molecule has 5 heteroatoms. The average Bonchev–Trinajstić information content (AvgIpc) is 3.11. The molecule has 0 bridgehead atoms. The minimum absolute atomic E-state index is 0.195. The van der Waals surface area contributed by atoms with E-state index in [0.717, 1.165) is 55.7 Å². The summed E-state index contributed by atoms with van der Waals surface area (Å²) in [5.41, 5.74) is 4.42. The number of aryl methyl sites for hydroxylation is 1. The van der Waals surface area contributed by atoms with E-state index in [1.807, 2.05) is 17.3 Å². The Bertz CT molecular complexity index is 912. The normalized spacial score (nSPS) is 15.4. The molecule has 1 aromatic carbocycles. The van der Waals surface area contributed by atoms with Gasteiger partial charge in [0.05, 0.1) is 38.9 Å². The zero-order valence-corrected chi connectivity index (χ0v) is 15.8. The van der Waals surface area contributed by atoms with Crippen LogP contribution in [0.3, 0.4) is 0 Å². The molecule has 4 rings (SSSR count). The van der Waals surface area contributed by atoms with Crippen LogP contribution in [-0.2, 0) is 24.2 Å². The predicted octanol–water partition coefficient (Wildman–Crippen LogP) is 1.86. The van der Waals surface area contributed by atoms with Crippen LogP contribution < -0.4 is 4.90 Å². The van der Waals surface area contributed by atoms with Gasteiger partial charge in [0.25, 0.3) is 0 Å². The number of rotatable bonds is 5. The van der Waals surface area contributed by atoms with Gasteiger partial charge in [-0.1, -0.05) is 19.1 Å². The first-order chi connectivity index (χ1) is 13.2. The summed E-state index contributed by atoms with van der Waals surface area (Å²) in [6.45, 7) is 6.73. The van der Waals surface area contributed by atoms with Gasteiger partial charge in [0.1, 0.15) is 12.1 Å². The topological polar surface area (TPSA) is 50.8 Å². The number of hydrogen-bond acceptors (Lipinski definition) is 3. The number of fused-ring (bicyclic) bond motifs is 1. The highest BCUT2D eigenvalue weighted by Crippen LogP contribution is 2.23. The molecule has 1 aliphatic rings. The monoisotopic (exact) mass is 364 g/mol. The van der Waals surface area contributed by atoms with E-state index in [-0.39, 0.29) is 5.91 Å². The molecule has 2 aromatic heterocycles. The summed E-state index contributed by atoms with van der Waals surface area (Å²) >= 11 is 0. The zero-order chi connectivity index (χ0) is 18.6. The van der Waals surface area contributed by atoms with Gasteiger partial charge in [-0.2, -0.15) is 0 Å². The number of carbonyl (C=O) groups excluding carboxylic acids is 1. The van der Waals surface area contributed by atoms with Crippen LogP contribution in [0.4, 0.5) is 0 Å². The SMILES string of the molecule is CCc1ccc2c(CC(=O)N3CC[NH+](Cc4ccncc4)CC3)coc2c1. The third kappa shape index (κ3) is 4.03. The Morgan fingerprint density at radius 1 is 1.15 bits per heavy atom. The molecular weight excluding hydrogens is 338 g/mol. The van der Waals surface area contributed by atoms with E-state index in [2.05, 4.69) is 42.2 Å². The summed E-state index contributed by atoms with van der Waals surface area (Å²) in [7, 11) is 0. The van der Waals surface area contributed by atoms with Crippen LogP contribution >= 0.6 is 0 Å². The maximum absolute atomic E-state index is 12.8. The van der Waals surface area contributed by atoms with Crippen molar-refractivity contribution in [2.24, 2.45) is 0 Å². The highest BCUT2D eigenvalue weighted by Gasteiger charge is 2.24. The standard InChI is InChI=1S/C22H25N3O2/c1-2-17-3-4-20-19(16-27-21(20)13-17)14-22(26)25-11-9-24(10-12-25)15-18-5-7-23-8-6-18/h3-8,13,16H,2,9-12,14-15H2,1H3/p+1. The number of hydrogen-bond donors (Lipinski definition) is 1. The van der Waals surface area contributed by atoms with Gasteiger partial charge < -0.3 is 14.2 Å². The lowest BCUT2D eigenvalue weighted by Crippen LogP contribution is -3.13. The quantitative estimate of drug-likeness (QED) is 0.752. The number of nitrogens with zero attached hydrogens (tertiary/aromatic N) is 2. The molecule has 1 N–H and O–H groups in total. The first kappa shape index (κ1) is 17.7. The molecule has 3 aromatic rings. The molecule has 1 fully saturated rings. The van der Waals surface area contributed by atoms with Crippen molar-refractivity contribution in [3.8, 4) is 0 Å². The summed E-state index contributed by atoms with van der Waals surface area (Å²) in [6, 6.07) is 10.4. The van der Waals surface area contributed by atoms with E-state index in [1.165, 1.54) is 16.0 Å². The first-order valence-corrected chi connectivity index (χ1v) is 9.72. The number of quaternary nitrogens is 1. The number of nitrogens with one attached hydrogen (secondary N) is 1. The number of furan rings is 1. The van der Waals surface area contributed by atoms with Gasteiger partial charge in [-0.25, -0.2) is 0 Å². The summed E-state index contributed by atoms with van der Waals surface area (Å²) in [4.78, 5) is 20.3. The highest BCUT2D eigenvalue weighted by molar-refractivity contribution is 5.88. The minimum atomic E-state index is 0.195. The highest BCUT2D eigenvalue weighted by atomic mass is 16.3. The van der Waals surface area contributed by atoms with Crippen LogP contribution in [0.15, 0.2) is 53.4 Å². The van der Waals surface area contributed by atoms with Gasteiger partial charge in [0.2, 0.25) is 5.91 Å². The zero-order valence-electron chi connectivity index (χ0n) is 15.8. The molecule has 140 valence electrons. The van der Waals surface area contributed by atoms with Crippen LogP contribution in [-0.4, -0.2) is 42.0 Å². The van der Waals surface area contributed by atoms with Gasteiger partial charge in [-0.3, -0.25) is 9.78 Å². The lowest BCUT2D eigenvalue weighted by molar-refractivity contribution is -0.917. The molecule has 0 saturated carbocycles. The first-order valence-electron chi connectivity index (χ1n) is 9.72. The third-order valence-corrected chi connectivity index (χ3v) is 5.50. The number of carbonyl (C=O) groups is 1. The van der Waals surface area contributed by atoms with Crippen molar-refractivity contribution in [2.75, 3.05) is 26.2 Å². The number of benzene rings is 1. The van der Waals surface area contributed by atoms with Gasteiger partial charge in [0, 0.05) is 28.9 Å². The van der Waals surface area contributed by atoms with Gasteiger partial charge in [-0.05, 0) is 30.2 Å². The van der Waals surface area contributed by atoms with Gasteiger partial charge in [0.15, 0.2) is 0 Å². The molecule has 1 amide bonds. The van der Waals surface area contributed by atoms with Gasteiger partial charge in [-0.15, -0.1) is 0 Å². The maximum Gasteiger partial charge on any atom is 0.227 e. The number of piperazine rings is 1. The Kier molecular flexibility index (Phi) is 5.21. The Balaban J connectivity index is 1.34. The van der Waals surface area contributed by atoms with Crippen LogP contribution in [0.1, 0.15) is 23.6 Å². The van der Waals surface area contributed by atoms with E-state index >= 15 is 0 Å². The molecule has 0 unspecified atom stereocenters. The lowest BCUT2D eigenvalue weighted by Gasteiger charge is -2.32. The largest absolute Gasteiger partial charge is 0.464 e. The molecule has 27 heavy (non-hydrogen) atoms. The second kappa shape index (κ2) is 7.92. The van der Waals surface area contributed by atoms with E-state index in [1.54, 1.807) is 6.26 Å². The van der Waals surface area contributed by atoms with Crippen molar-refractivity contribution in [1.82, 2.24) is 9.88 Å². The molecule has 0 spiro atoms. The maximum atomic E-state index is 12.8. The van der Waals surface area contributed by atoms with E-state index in [9.17, 15) is 4.79 Å². The second-order valence-electron chi connectivity index (χ2n) is 7.28. The Labute approximate surface area is 159 Å². The molecule has 3 heterocycles. The third-order valence-electron chi connectivity index (χ3n) is 5.50. The van der Waals surface area contributed by atoms with Gasteiger partial charge >= 0.3 is 0 Å². The number of aromatic nitrogens is 1. The predicted molar refractivity (Wildman–Crippen MR) is 105 cm³/mol. The molecule has 5 nitrogen and oxygen atoms in total. The Morgan fingerprint density at radius 3 is 2.67 bits per heavy atom. The van der Waals surface area contributed by atoms with Crippen molar-refractivity contribution in [3.05, 3.63) is 65.7 Å². The van der Waals surface area contributed by atoms with Crippen LogP contribution in [0.2, 0.25) is 0 Å². The fraction of sp³-hybridized carbons (Fsp3) is 0.364. The molecule has 0 aliphatic carbocycles.